The summed E-state index contributed by atoms with van der Waals surface area (Å²) in [5, 5.41) is 0. The van der Waals surface area contributed by atoms with Crippen molar-refractivity contribution in [3.63, 3.8) is 0 Å². The van der Waals surface area contributed by atoms with E-state index in [-0.39, 0.29) is 0 Å². The quantitative estimate of drug-likeness (QED) is 0.438. The van der Waals surface area contributed by atoms with Crippen LogP contribution in [0.1, 0.15) is 80.5 Å². The third kappa shape index (κ3) is 3.75. The third-order valence-electron chi connectivity index (χ3n) is 4.67. The highest BCUT2D eigenvalue weighted by molar-refractivity contribution is 5.43. The first-order valence-corrected chi connectivity index (χ1v) is 8.39. The van der Waals surface area contributed by atoms with Crippen molar-refractivity contribution in [3.05, 3.63) is 46.0 Å². The van der Waals surface area contributed by atoms with Gasteiger partial charge in [0.2, 0.25) is 0 Å². The molecule has 0 heteroatoms. The van der Waals surface area contributed by atoms with Crippen LogP contribution in [0.15, 0.2) is 23.8 Å². The highest BCUT2D eigenvalue weighted by atomic mass is 14.2. The van der Waals surface area contributed by atoms with Crippen molar-refractivity contribution in [1.82, 2.24) is 0 Å². The highest BCUT2D eigenvalue weighted by Gasteiger charge is 2.18. The van der Waals surface area contributed by atoms with E-state index in [4.69, 9.17) is 0 Å². The van der Waals surface area contributed by atoms with E-state index in [9.17, 15) is 0 Å². The fourth-order valence-corrected chi connectivity index (χ4v) is 3.71. The molecule has 0 bridgehead atoms. The van der Waals surface area contributed by atoms with E-state index in [1.165, 1.54) is 61.6 Å². The zero-order valence-corrected chi connectivity index (χ0v) is 13.8. The molecule has 1 aromatic rings. The largest absolute Gasteiger partial charge is 0.0781 e. The molecule has 0 radical (unpaired) electrons. The van der Waals surface area contributed by atoms with E-state index in [0.717, 1.165) is 0 Å². The van der Waals surface area contributed by atoms with Crippen LogP contribution < -0.4 is 0 Å². The van der Waals surface area contributed by atoms with Gasteiger partial charge in [0.1, 0.15) is 0 Å². The molecule has 1 aromatic carbocycles. The molecule has 1 aliphatic carbocycles. The van der Waals surface area contributed by atoms with Crippen LogP contribution in [0.2, 0.25) is 0 Å². The molecule has 0 spiro atoms. The molecule has 1 aliphatic rings. The Kier molecular flexibility index (Phi) is 5.46. The van der Waals surface area contributed by atoms with Gasteiger partial charge in [-0.25, -0.2) is 0 Å². The minimum Gasteiger partial charge on any atom is -0.0781 e. The first-order valence-electron chi connectivity index (χ1n) is 8.39. The maximum absolute atomic E-state index is 2.51. The van der Waals surface area contributed by atoms with E-state index in [2.05, 4.69) is 45.9 Å². The molecule has 0 heterocycles. The first-order chi connectivity index (χ1) is 9.61. The van der Waals surface area contributed by atoms with Crippen molar-refractivity contribution in [1.29, 1.82) is 0 Å². The Balaban J connectivity index is 2.20. The summed E-state index contributed by atoms with van der Waals surface area (Å²) in [7, 11) is 0. The topological polar surface area (TPSA) is 0 Å². The molecule has 0 fully saturated rings. The molecule has 2 rings (SSSR count). The van der Waals surface area contributed by atoms with Gasteiger partial charge in [-0.3, -0.25) is 0 Å². The average molecular weight is 270 g/mol. The molecule has 110 valence electrons. The fraction of sp³-hybridized carbons (Fsp3) is 0.600. The second kappa shape index (κ2) is 7.11. The maximum Gasteiger partial charge on any atom is 0.00259 e. The smallest absolute Gasteiger partial charge is 0.00259 e. The predicted octanol–water partition coefficient (Wildman–Crippen LogP) is 6.25. The highest BCUT2D eigenvalue weighted by Crippen LogP contribution is 2.35. The summed E-state index contributed by atoms with van der Waals surface area (Å²) in [4.78, 5) is 0. The molecule has 0 saturated heterocycles. The summed E-state index contributed by atoms with van der Waals surface area (Å²) in [5.74, 6) is 0.661. The molecule has 0 saturated carbocycles. The standard InChI is InChI=1S/C20H30/c1-5-6-7-10-18-13-16(3)20(17(4)14-18)19-11-8-9-15(2)12-19/h12-14,19H,5-11H2,1-4H3. The molecule has 0 aliphatic heterocycles. The van der Waals surface area contributed by atoms with Crippen LogP contribution in [0.5, 0.6) is 0 Å². The molecule has 0 nitrogen and oxygen atoms in total. The Hall–Kier alpha value is -1.04. The third-order valence-corrected chi connectivity index (χ3v) is 4.67. The Labute approximate surface area is 125 Å². The monoisotopic (exact) mass is 270 g/mol. The zero-order chi connectivity index (χ0) is 14.5. The molecule has 1 unspecified atom stereocenters. The number of hydrogen-bond donors (Lipinski definition) is 0. The molecule has 1 atom stereocenters. The van der Waals surface area contributed by atoms with Crippen LogP contribution in [-0.4, -0.2) is 0 Å². The van der Waals surface area contributed by atoms with Gasteiger partial charge in [0, 0.05) is 5.92 Å². The number of aryl methyl sites for hydroxylation is 3. The SMILES string of the molecule is CCCCCc1cc(C)c(C2C=C(C)CCC2)c(C)c1. The van der Waals surface area contributed by atoms with Crippen molar-refractivity contribution in [2.24, 2.45) is 0 Å². The fourth-order valence-electron chi connectivity index (χ4n) is 3.71. The van der Waals surface area contributed by atoms with Gasteiger partial charge in [-0.2, -0.15) is 0 Å². The van der Waals surface area contributed by atoms with Crippen molar-refractivity contribution in [3.8, 4) is 0 Å². The van der Waals surface area contributed by atoms with E-state index in [1.807, 2.05) is 0 Å². The normalized spacial score (nSPS) is 19.0. The van der Waals surface area contributed by atoms with E-state index in [0.29, 0.717) is 5.92 Å². The number of benzene rings is 1. The molecule has 0 aromatic heterocycles. The van der Waals surface area contributed by atoms with Crippen LogP contribution >= 0.6 is 0 Å². The Morgan fingerprint density at radius 1 is 1.05 bits per heavy atom. The van der Waals surface area contributed by atoms with Gasteiger partial charge in [0.05, 0.1) is 0 Å². The number of unbranched alkanes of at least 4 members (excludes halogenated alkanes) is 2. The molecule has 0 amide bonds. The minimum atomic E-state index is 0.661. The lowest BCUT2D eigenvalue weighted by atomic mass is 9.81. The predicted molar refractivity (Wildman–Crippen MR) is 89.5 cm³/mol. The Morgan fingerprint density at radius 3 is 2.35 bits per heavy atom. The number of hydrogen-bond acceptors (Lipinski definition) is 0. The lowest BCUT2D eigenvalue weighted by Crippen LogP contribution is -2.07. The van der Waals surface area contributed by atoms with Gasteiger partial charge in [-0.15, -0.1) is 0 Å². The second-order valence-corrected chi connectivity index (χ2v) is 6.61. The van der Waals surface area contributed by atoms with E-state index in [1.54, 1.807) is 11.1 Å². The second-order valence-electron chi connectivity index (χ2n) is 6.61. The van der Waals surface area contributed by atoms with Crippen LogP contribution in [0.25, 0.3) is 0 Å². The minimum absolute atomic E-state index is 0.661. The number of allylic oxidation sites excluding steroid dienone is 2. The summed E-state index contributed by atoms with van der Waals surface area (Å²) in [5.41, 5.74) is 7.73. The summed E-state index contributed by atoms with van der Waals surface area (Å²) in [6.07, 6.45) is 11.7. The summed E-state index contributed by atoms with van der Waals surface area (Å²) < 4.78 is 0. The van der Waals surface area contributed by atoms with Crippen LogP contribution in [0.4, 0.5) is 0 Å². The van der Waals surface area contributed by atoms with Gasteiger partial charge >= 0.3 is 0 Å². The van der Waals surface area contributed by atoms with Gasteiger partial charge in [0.15, 0.2) is 0 Å². The van der Waals surface area contributed by atoms with Crippen molar-refractivity contribution in [2.45, 2.75) is 78.6 Å². The first kappa shape index (κ1) is 15.4. The molecular weight excluding hydrogens is 240 g/mol. The van der Waals surface area contributed by atoms with Crippen LogP contribution in [0.3, 0.4) is 0 Å². The molecule has 20 heavy (non-hydrogen) atoms. The molecular formula is C20H30. The van der Waals surface area contributed by atoms with Crippen molar-refractivity contribution in [2.75, 3.05) is 0 Å². The summed E-state index contributed by atoms with van der Waals surface area (Å²) in [6, 6.07) is 4.88. The lowest BCUT2D eigenvalue weighted by molar-refractivity contribution is 0.628. The maximum atomic E-state index is 2.51. The lowest BCUT2D eigenvalue weighted by Gasteiger charge is -2.24. The van der Waals surface area contributed by atoms with Gasteiger partial charge in [0.25, 0.3) is 0 Å². The van der Waals surface area contributed by atoms with Crippen LogP contribution in [-0.2, 0) is 6.42 Å². The van der Waals surface area contributed by atoms with Crippen molar-refractivity contribution < 1.29 is 0 Å². The average Bonchev–Trinajstić information content (AvgIpc) is 2.38. The van der Waals surface area contributed by atoms with Gasteiger partial charge < -0.3 is 0 Å². The van der Waals surface area contributed by atoms with Crippen molar-refractivity contribution >= 4 is 0 Å². The summed E-state index contributed by atoms with van der Waals surface area (Å²) >= 11 is 0. The van der Waals surface area contributed by atoms with E-state index < -0.39 is 0 Å². The van der Waals surface area contributed by atoms with Crippen LogP contribution in [0, 0.1) is 13.8 Å². The molecule has 0 N–H and O–H groups in total. The Bertz CT molecular complexity index is 456. The number of rotatable bonds is 5. The summed E-state index contributed by atoms with van der Waals surface area (Å²) in [6.45, 7) is 9.18. The Morgan fingerprint density at radius 2 is 1.75 bits per heavy atom. The van der Waals surface area contributed by atoms with E-state index >= 15 is 0 Å². The van der Waals surface area contributed by atoms with Gasteiger partial charge in [-0.1, -0.05) is 43.5 Å². The zero-order valence-electron chi connectivity index (χ0n) is 13.8. The van der Waals surface area contributed by atoms with Gasteiger partial charge in [-0.05, 0) is 75.1 Å².